The van der Waals surface area contributed by atoms with Crippen molar-refractivity contribution in [1.29, 1.82) is 0 Å². The van der Waals surface area contributed by atoms with Gasteiger partial charge in [-0.1, -0.05) is 0 Å². The van der Waals surface area contributed by atoms with Crippen LogP contribution in [0.4, 0.5) is 0 Å². The number of benzene rings is 1. The third kappa shape index (κ3) is 3.18. The molecule has 2 fully saturated rings. The summed E-state index contributed by atoms with van der Waals surface area (Å²) in [6.45, 7) is 0. The van der Waals surface area contributed by atoms with E-state index in [1.54, 1.807) is 0 Å². The van der Waals surface area contributed by atoms with Crippen LogP contribution in [0, 0.1) is 0 Å². The molecule has 0 amide bonds. The summed E-state index contributed by atoms with van der Waals surface area (Å²) >= 11 is 7.56. The first-order valence-electron chi connectivity index (χ1n) is 5.13. The summed E-state index contributed by atoms with van der Waals surface area (Å²) in [6.07, 6.45) is 1.07. The number of alkyl halides is 1. The Balaban J connectivity index is 0.000000194. The third-order valence-electron chi connectivity index (χ3n) is 2.58. The predicted molar refractivity (Wildman–Crippen MR) is 71.3 cm³/mol. The van der Waals surface area contributed by atoms with Gasteiger partial charge in [-0.3, -0.25) is 0 Å². The first kappa shape index (κ1) is 13.7. The molecule has 0 radical (unpaired) electrons. The average Bonchev–Trinajstić information content (AvgIpc) is 3.19. The van der Waals surface area contributed by atoms with Gasteiger partial charge in [-0.2, -0.15) is 0 Å². The van der Waals surface area contributed by atoms with Gasteiger partial charge in [0.1, 0.15) is 0 Å². The smallest absolute Gasteiger partial charge is 0.335 e. The first-order valence-corrected chi connectivity index (χ1v) is 8.41. The minimum Gasteiger partial charge on any atom is -0.478 e. The van der Waals surface area contributed by atoms with E-state index in [2.05, 4.69) is 0 Å². The van der Waals surface area contributed by atoms with Crippen molar-refractivity contribution in [3.8, 4) is 0 Å². The number of rotatable bonds is 2. The lowest BCUT2D eigenvalue weighted by molar-refractivity contribution is 0.0697. The van der Waals surface area contributed by atoms with E-state index in [9.17, 15) is 13.2 Å². The Morgan fingerprint density at radius 3 is 1.94 bits per heavy atom. The number of carbonyl (C=O) groups is 1. The predicted octanol–water partition coefficient (Wildman–Crippen LogP) is 1.88. The molecule has 1 aliphatic heterocycles. The maximum atomic E-state index is 11.0. The molecular weight excluding hydrogens is 296 g/mol. The quantitative estimate of drug-likeness (QED) is 0.667. The first-order chi connectivity index (χ1) is 8.30. The molecule has 7 heteroatoms. The molecule has 1 saturated heterocycles. The Bertz CT molecular complexity index is 552. The second-order valence-corrected chi connectivity index (χ2v) is 7.99. The number of sulfone groups is 1. The van der Waals surface area contributed by atoms with E-state index in [1.165, 1.54) is 24.3 Å². The largest absolute Gasteiger partial charge is 0.478 e. The van der Waals surface area contributed by atoms with E-state index < -0.39 is 15.8 Å². The summed E-state index contributed by atoms with van der Waals surface area (Å²) in [5, 5.41) is 10.9. The van der Waals surface area contributed by atoms with Gasteiger partial charge < -0.3 is 5.11 Å². The van der Waals surface area contributed by atoms with Crippen LogP contribution in [0.25, 0.3) is 0 Å². The van der Waals surface area contributed by atoms with Crippen molar-refractivity contribution >= 4 is 39.2 Å². The van der Waals surface area contributed by atoms with Gasteiger partial charge in [-0.05, 0) is 24.3 Å². The Hall–Kier alpha value is -0.720. The Morgan fingerprint density at radius 1 is 1.28 bits per heavy atom. The van der Waals surface area contributed by atoms with E-state index in [1.807, 2.05) is 11.8 Å². The van der Waals surface area contributed by atoms with Crippen LogP contribution in [0.2, 0.25) is 0 Å². The molecule has 1 aromatic rings. The number of carboxylic acid groups (broad SMARTS) is 1. The van der Waals surface area contributed by atoms with Crippen LogP contribution in [-0.4, -0.2) is 41.6 Å². The molecule has 1 saturated carbocycles. The SMILES string of the molecule is CS(=O)(=O)c1ccc(C(=O)O)cc1.ClC1C2SC12. The lowest BCUT2D eigenvalue weighted by atomic mass is 10.2. The molecule has 0 aromatic heterocycles. The van der Waals surface area contributed by atoms with Crippen LogP contribution in [0.1, 0.15) is 10.4 Å². The standard InChI is InChI=1S/C8H8O4S.C3H3ClS/c1-13(11,12)7-4-2-6(3-5-7)8(9)10;4-1-2-3(1)5-2/h2-5H,1H3,(H,9,10);1-3H. The van der Waals surface area contributed by atoms with Crippen molar-refractivity contribution in [3.63, 3.8) is 0 Å². The molecule has 1 N–H and O–H groups in total. The number of halogens is 1. The number of aromatic carboxylic acids is 1. The Labute approximate surface area is 114 Å². The second-order valence-electron chi connectivity index (χ2n) is 4.11. The van der Waals surface area contributed by atoms with Gasteiger partial charge in [0.05, 0.1) is 15.8 Å². The van der Waals surface area contributed by atoms with Crippen molar-refractivity contribution in [2.45, 2.75) is 20.8 Å². The molecule has 1 aromatic carbocycles. The van der Waals surface area contributed by atoms with E-state index in [0.717, 1.165) is 16.8 Å². The van der Waals surface area contributed by atoms with Gasteiger partial charge in [0.25, 0.3) is 0 Å². The van der Waals surface area contributed by atoms with Gasteiger partial charge in [0.2, 0.25) is 0 Å². The molecule has 0 bridgehead atoms. The number of carboxylic acids is 1. The fraction of sp³-hybridized carbons (Fsp3) is 0.364. The van der Waals surface area contributed by atoms with E-state index in [4.69, 9.17) is 16.7 Å². The van der Waals surface area contributed by atoms with E-state index in [-0.39, 0.29) is 10.5 Å². The van der Waals surface area contributed by atoms with Gasteiger partial charge >= 0.3 is 5.97 Å². The van der Waals surface area contributed by atoms with E-state index >= 15 is 0 Å². The summed E-state index contributed by atoms with van der Waals surface area (Å²) in [5.74, 6) is -1.07. The van der Waals surface area contributed by atoms with Crippen molar-refractivity contribution in [1.82, 2.24) is 0 Å². The molecule has 18 heavy (non-hydrogen) atoms. The second kappa shape index (κ2) is 4.75. The average molecular weight is 307 g/mol. The lowest BCUT2D eigenvalue weighted by Crippen LogP contribution is -1.99. The van der Waals surface area contributed by atoms with Gasteiger partial charge in [-0.25, -0.2) is 13.2 Å². The van der Waals surface area contributed by atoms with Crippen molar-refractivity contribution in [3.05, 3.63) is 29.8 Å². The van der Waals surface area contributed by atoms with Gasteiger partial charge in [-0.15, -0.1) is 23.4 Å². The van der Waals surface area contributed by atoms with Crippen molar-refractivity contribution < 1.29 is 18.3 Å². The van der Waals surface area contributed by atoms with Gasteiger partial charge in [0.15, 0.2) is 9.84 Å². The highest BCUT2D eigenvalue weighted by molar-refractivity contribution is 8.10. The number of fused-ring (bicyclic) bond motifs is 1. The van der Waals surface area contributed by atoms with Crippen LogP contribution >= 0.6 is 23.4 Å². The summed E-state index contributed by atoms with van der Waals surface area (Å²) in [4.78, 5) is 10.5. The maximum absolute atomic E-state index is 11.0. The highest BCUT2D eigenvalue weighted by atomic mass is 35.5. The van der Waals surface area contributed by atoms with Gasteiger partial charge in [0, 0.05) is 16.8 Å². The zero-order valence-corrected chi connectivity index (χ0v) is 11.8. The third-order valence-corrected chi connectivity index (χ3v) is 6.04. The van der Waals surface area contributed by atoms with Crippen molar-refractivity contribution in [2.24, 2.45) is 0 Å². The fourth-order valence-electron chi connectivity index (χ4n) is 1.27. The number of hydrogen-bond acceptors (Lipinski definition) is 4. The van der Waals surface area contributed by atoms with Crippen LogP contribution < -0.4 is 0 Å². The maximum Gasteiger partial charge on any atom is 0.335 e. The topological polar surface area (TPSA) is 71.4 Å². The minimum atomic E-state index is -3.24. The molecule has 3 rings (SSSR count). The minimum absolute atomic E-state index is 0.0763. The molecule has 2 atom stereocenters. The molecule has 0 spiro atoms. The molecule has 2 aliphatic rings. The normalized spacial score (nSPS) is 27.6. The van der Waals surface area contributed by atoms with Crippen molar-refractivity contribution in [2.75, 3.05) is 6.26 Å². The fourth-order valence-corrected chi connectivity index (χ4v) is 3.45. The highest BCUT2D eigenvalue weighted by Crippen LogP contribution is 2.65. The molecule has 98 valence electrons. The molecule has 2 unspecified atom stereocenters. The summed E-state index contributed by atoms with van der Waals surface area (Å²) in [6, 6.07) is 5.08. The summed E-state index contributed by atoms with van der Waals surface area (Å²) in [7, 11) is -3.24. The Kier molecular flexibility index (Phi) is 3.62. The van der Waals surface area contributed by atoms with Crippen LogP contribution in [0.3, 0.4) is 0 Å². The number of hydrogen-bond donors (Lipinski definition) is 1. The summed E-state index contributed by atoms with van der Waals surface area (Å²) in [5.41, 5.74) is 0.0763. The monoisotopic (exact) mass is 306 g/mol. The molecule has 4 nitrogen and oxygen atoms in total. The van der Waals surface area contributed by atoms with Crippen LogP contribution in [0.15, 0.2) is 29.2 Å². The Morgan fingerprint density at radius 2 is 1.72 bits per heavy atom. The lowest BCUT2D eigenvalue weighted by Gasteiger charge is -1.97. The van der Waals surface area contributed by atoms with Crippen LogP contribution in [-0.2, 0) is 9.84 Å². The molecular formula is C11H11ClO4S2. The highest BCUT2D eigenvalue weighted by Gasteiger charge is 2.65. The molecule has 1 aliphatic carbocycles. The zero-order chi connectivity index (χ0) is 13.5. The molecule has 1 heterocycles. The van der Waals surface area contributed by atoms with Crippen LogP contribution in [0.5, 0.6) is 0 Å². The zero-order valence-electron chi connectivity index (χ0n) is 9.41. The number of thioether (sulfide) groups is 1. The summed E-state index contributed by atoms with van der Waals surface area (Å²) < 4.78 is 21.9. The van der Waals surface area contributed by atoms with E-state index in [0.29, 0.717) is 5.38 Å².